The molecule has 0 aromatic heterocycles. The Morgan fingerprint density at radius 1 is 1.56 bits per heavy atom. The highest BCUT2D eigenvalue weighted by molar-refractivity contribution is 6.34. The Morgan fingerprint density at radius 2 is 2.39 bits per heavy atom. The van der Waals surface area contributed by atoms with Gasteiger partial charge < -0.3 is 10.1 Å². The molecule has 98 valence electrons. The predicted octanol–water partition coefficient (Wildman–Crippen LogP) is 2.92. The number of ether oxygens (including phenoxy) is 1. The van der Waals surface area contributed by atoms with E-state index in [1.165, 1.54) is 0 Å². The highest BCUT2D eigenvalue weighted by atomic mass is 35.5. The number of hydrogen-bond donors (Lipinski definition) is 1. The molecule has 1 aliphatic heterocycles. The van der Waals surface area contributed by atoms with Crippen molar-refractivity contribution in [1.29, 1.82) is 0 Å². The number of ketones is 1. The number of methoxy groups -OCH3 is 1. The maximum atomic E-state index is 12.2. The zero-order valence-electron chi connectivity index (χ0n) is 10.5. The van der Waals surface area contributed by atoms with Crippen molar-refractivity contribution >= 4 is 17.4 Å². The molecule has 2 rings (SSSR count). The van der Waals surface area contributed by atoms with Crippen LogP contribution < -0.4 is 10.1 Å². The average molecular weight is 268 g/mol. The zero-order valence-corrected chi connectivity index (χ0v) is 11.3. The minimum absolute atomic E-state index is 0.122. The summed E-state index contributed by atoms with van der Waals surface area (Å²) in [5.41, 5.74) is 0.600. The summed E-state index contributed by atoms with van der Waals surface area (Å²) in [6, 6.07) is 5.21. The van der Waals surface area contributed by atoms with E-state index in [4.69, 9.17) is 16.3 Å². The van der Waals surface area contributed by atoms with Gasteiger partial charge in [0.15, 0.2) is 5.78 Å². The molecule has 0 aliphatic carbocycles. The largest absolute Gasteiger partial charge is 0.497 e. The van der Waals surface area contributed by atoms with Crippen molar-refractivity contribution in [1.82, 2.24) is 5.32 Å². The second-order valence-corrected chi connectivity index (χ2v) is 5.09. The third kappa shape index (κ3) is 3.24. The molecule has 1 saturated heterocycles. The van der Waals surface area contributed by atoms with Crippen molar-refractivity contribution in [3.8, 4) is 5.75 Å². The lowest BCUT2D eigenvalue weighted by Gasteiger charge is -2.22. The maximum Gasteiger partial charge on any atom is 0.164 e. The van der Waals surface area contributed by atoms with Gasteiger partial charge in [-0.3, -0.25) is 4.79 Å². The predicted molar refractivity (Wildman–Crippen MR) is 72.5 cm³/mol. The van der Waals surface area contributed by atoms with E-state index in [1.54, 1.807) is 25.3 Å². The lowest BCUT2D eigenvalue weighted by Crippen LogP contribution is -2.31. The van der Waals surface area contributed by atoms with Crippen LogP contribution in [0.25, 0.3) is 0 Å². The van der Waals surface area contributed by atoms with Gasteiger partial charge in [0.05, 0.1) is 12.1 Å². The molecule has 0 bridgehead atoms. The first-order valence-electron chi connectivity index (χ1n) is 6.28. The topological polar surface area (TPSA) is 38.3 Å². The van der Waals surface area contributed by atoms with Crippen LogP contribution in [0.5, 0.6) is 5.75 Å². The number of piperidine rings is 1. The Balaban J connectivity index is 2.03. The van der Waals surface area contributed by atoms with E-state index in [9.17, 15) is 4.79 Å². The van der Waals surface area contributed by atoms with E-state index >= 15 is 0 Å². The van der Waals surface area contributed by atoms with Crippen molar-refractivity contribution in [2.24, 2.45) is 5.92 Å². The number of hydrogen-bond acceptors (Lipinski definition) is 3. The van der Waals surface area contributed by atoms with Gasteiger partial charge in [0.25, 0.3) is 0 Å². The summed E-state index contributed by atoms with van der Waals surface area (Å²) in [5, 5.41) is 3.79. The van der Waals surface area contributed by atoms with Crippen LogP contribution in [-0.4, -0.2) is 26.0 Å². The van der Waals surface area contributed by atoms with Gasteiger partial charge in [0.2, 0.25) is 0 Å². The van der Waals surface area contributed by atoms with Crippen LogP contribution in [0.3, 0.4) is 0 Å². The molecule has 18 heavy (non-hydrogen) atoms. The van der Waals surface area contributed by atoms with Crippen molar-refractivity contribution < 1.29 is 9.53 Å². The van der Waals surface area contributed by atoms with Crippen LogP contribution in [-0.2, 0) is 0 Å². The molecule has 1 N–H and O–H groups in total. The van der Waals surface area contributed by atoms with Crippen molar-refractivity contribution in [2.45, 2.75) is 19.3 Å². The minimum atomic E-state index is 0.122. The second-order valence-electron chi connectivity index (χ2n) is 4.69. The minimum Gasteiger partial charge on any atom is -0.497 e. The number of carbonyl (C=O) groups is 1. The maximum absolute atomic E-state index is 12.2. The van der Waals surface area contributed by atoms with Gasteiger partial charge in [-0.05, 0) is 50.0 Å². The molecule has 1 fully saturated rings. The zero-order chi connectivity index (χ0) is 13.0. The summed E-state index contributed by atoms with van der Waals surface area (Å²) >= 11 is 6.10. The Morgan fingerprint density at radius 3 is 3.00 bits per heavy atom. The number of nitrogens with one attached hydrogen (secondary N) is 1. The Kier molecular flexibility index (Phi) is 4.61. The van der Waals surface area contributed by atoms with Crippen LogP contribution >= 0.6 is 11.6 Å². The van der Waals surface area contributed by atoms with Crippen molar-refractivity contribution in [3.05, 3.63) is 28.8 Å². The summed E-state index contributed by atoms with van der Waals surface area (Å²) in [6.07, 6.45) is 2.83. The molecule has 0 amide bonds. The standard InChI is InChI=1S/C14H18ClNO2/c1-18-11-4-5-12(13(15)8-11)14(17)7-10-3-2-6-16-9-10/h4-5,8,10,16H,2-3,6-7,9H2,1H3. The quantitative estimate of drug-likeness (QED) is 0.853. The fourth-order valence-corrected chi connectivity index (χ4v) is 2.60. The normalized spacial score (nSPS) is 19.6. The van der Waals surface area contributed by atoms with E-state index < -0.39 is 0 Å². The summed E-state index contributed by atoms with van der Waals surface area (Å²) in [7, 11) is 1.58. The highest BCUT2D eigenvalue weighted by Gasteiger charge is 2.19. The summed E-state index contributed by atoms with van der Waals surface area (Å²) in [6.45, 7) is 1.99. The summed E-state index contributed by atoms with van der Waals surface area (Å²) < 4.78 is 5.07. The molecular weight excluding hydrogens is 250 g/mol. The number of halogens is 1. The summed E-state index contributed by atoms with van der Waals surface area (Å²) in [4.78, 5) is 12.2. The molecular formula is C14H18ClNO2. The van der Waals surface area contributed by atoms with Crippen LogP contribution in [0.4, 0.5) is 0 Å². The number of Topliss-reactive ketones (excluding diaryl/α,β-unsaturated/α-hetero) is 1. The first-order valence-corrected chi connectivity index (χ1v) is 6.66. The van der Waals surface area contributed by atoms with Crippen LogP contribution in [0.1, 0.15) is 29.6 Å². The van der Waals surface area contributed by atoms with Gasteiger partial charge in [0, 0.05) is 12.0 Å². The number of carbonyl (C=O) groups excluding carboxylic acids is 1. The number of benzene rings is 1. The number of rotatable bonds is 4. The Hall–Kier alpha value is -1.06. The van der Waals surface area contributed by atoms with Crippen molar-refractivity contribution in [2.75, 3.05) is 20.2 Å². The van der Waals surface area contributed by atoms with Crippen LogP contribution in [0.2, 0.25) is 5.02 Å². The van der Waals surface area contributed by atoms with Gasteiger partial charge >= 0.3 is 0 Å². The molecule has 0 saturated carbocycles. The molecule has 1 aliphatic rings. The molecule has 0 spiro atoms. The van der Waals surface area contributed by atoms with E-state index in [1.807, 2.05) is 0 Å². The van der Waals surface area contributed by atoms with E-state index in [0.717, 1.165) is 25.9 Å². The van der Waals surface area contributed by atoms with Crippen LogP contribution in [0, 0.1) is 5.92 Å². The molecule has 1 heterocycles. The van der Waals surface area contributed by atoms with E-state index in [0.29, 0.717) is 28.7 Å². The monoisotopic (exact) mass is 267 g/mol. The fraction of sp³-hybridized carbons (Fsp3) is 0.500. The lowest BCUT2D eigenvalue weighted by atomic mass is 9.92. The fourth-order valence-electron chi connectivity index (χ4n) is 2.32. The smallest absolute Gasteiger partial charge is 0.164 e. The molecule has 4 heteroatoms. The van der Waals surface area contributed by atoms with E-state index in [2.05, 4.69) is 5.32 Å². The lowest BCUT2D eigenvalue weighted by molar-refractivity contribution is 0.0954. The first-order chi connectivity index (χ1) is 8.70. The third-order valence-corrected chi connectivity index (χ3v) is 3.66. The molecule has 3 nitrogen and oxygen atoms in total. The summed E-state index contributed by atoms with van der Waals surface area (Å²) in [5.74, 6) is 1.23. The molecule has 1 aromatic rings. The molecule has 1 aromatic carbocycles. The van der Waals surface area contributed by atoms with Crippen LogP contribution in [0.15, 0.2) is 18.2 Å². The van der Waals surface area contributed by atoms with Gasteiger partial charge in [-0.1, -0.05) is 11.6 Å². The molecule has 0 radical (unpaired) electrons. The van der Waals surface area contributed by atoms with Gasteiger partial charge in [-0.15, -0.1) is 0 Å². The average Bonchev–Trinajstić information content (AvgIpc) is 2.39. The Labute approximate surface area is 112 Å². The third-order valence-electron chi connectivity index (χ3n) is 3.35. The SMILES string of the molecule is COc1ccc(C(=O)CC2CCCNC2)c(Cl)c1. The second kappa shape index (κ2) is 6.21. The van der Waals surface area contributed by atoms with E-state index in [-0.39, 0.29) is 5.78 Å². The molecule has 1 unspecified atom stereocenters. The first kappa shape index (κ1) is 13.4. The molecule has 1 atom stereocenters. The Bertz CT molecular complexity index is 428. The van der Waals surface area contributed by atoms with Gasteiger partial charge in [-0.25, -0.2) is 0 Å². The van der Waals surface area contributed by atoms with Crippen molar-refractivity contribution in [3.63, 3.8) is 0 Å². The van der Waals surface area contributed by atoms with Gasteiger partial charge in [-0.2, -0.15) is 0 Å². The highest BCUT2D eigenvalue weighted by Crippen LogP contribution is 2.25. The van der Waals surface area contributed by atoms with Gasteiger partial charge in [0.1, 0.15) is 5.75 Å².